The van der Waals surface area contributed by atoms with Crippen molar-refractivity contribution in [3.05, 3.63) is 23.3 Å². The first-order valence-electron chi connectivity index (χ1n) is 20.5. The Bertz CT molecular complexity index is 1400. The lowest BCUT2D eigenvalue weighted by Crippen LogP contribution is -2.64. The lowest BCUT2D eigenvalue weighted by Gasteiger charge is -2.66. The van der Waals surface area contributed by atoms with Gasteiger partial charge in [-0.2, -0.15) is 0 Å². The van der Waals surface area contributed by atoms with Crippen molar-refractivity contribution < 1.29 is 59.8 Å². The first-order valence-corrected chi connectivity index (χ1v) is 20.5. The first kappa shape index (κ1) is 42.6. The van der Waals surface area contributed by atoms with Crippen molar-refractivity contribution in [2.45, 2.75) is 187 Å². The van der Waals surface area contributed by atoms with Gasteiger partial charge in [-0.1, -0.05) is 64.8 Å². The van der Waals surface area contributed by atoms with Crippen LogP contribution in [-0.2, 0) is 18.9 Å². The van der Waals surface area contributed by atoms with Crippen LogP contribution in [0.3, 0.4) is 0 Å². The summed E-state index contributed by atoms with van der Waals surface area (Å²) in [6, 6.07) is 0. The molecule has 20 atom stereocenters. The molecule has 0 aromatic rings. The van der Waals surface area contributed by atoms with Crippen LogP contribution in [0.15, 0.2) is 23.3 Å². The van der Waals surface area contributed by atoms with E-state index in [2.05, 4.69) is 47.6 Å². The molecule has 4 aliphatic carbocycles. The summed E-state index contributed by atoms with van der Waals surface area (Å²) in [4.78, 5) is 0. The third kappa shape index (κ3) is 6.89. The maximum absolute atomic E-state index is 11.2. The monoisotopic (exact) mass is 766 g/mol. The van der Waals surface area contributed by atoms with Crippen LogP contribution in [-0.4, -0.2) is 127 Å². The summed E-state index contributed by atoms with van der Waals surface area (Å²) < 4.78 is 25.2. The van der Waals surface area contributed by atoms with E-state index in [1.165, 1.54) is 5.57 Å². The van der Waals surface area contributed by atoms with Gasteiger partial charge in [0.15, 0.2) is 12.6 Å². The fourth-order valence-corrected chi connectivity index (χ4v) is 12.5. The molecule has 0 unspecified atom stereocenters. The van der Waals surface area contributed by atoms with E-state index < -0.39 is 86.3 Å². The van der Waals surface area contributed by atoms with E-state index in [0.29, 0.717) is 19.3 Å². The fourth-order valence-electron chi connectivity index (χ4n) is 12.5. The van der Waals surface area contributed by atoms with Gasteiger partial charge in [-0.05, 0) is 105 Å². The highest BCUT2D eigenvalue weighted by Gasteiger charge is 2.68. The Hall–Kier alpha value is -1.00. The van der Waals surface area contributed by atoms with Crippen LogP contribution < -0.4 is 0 Å². The minimum atomic E-state index is -1.55. The van der Waals surface area contributed by atoms with Crippen molar-refractivity contribution in [3.8, 4) is 0 Å². The van der Waals surface area contributed by atoms with Crippen molar-refractivity contribution in [2.24, 2.45) is 45.3 Å². The van der Waals surface area contributed by atoms with Crippen LogP contribution in [0.1, 0.15) is 107 Å². The molecule has 2 saturated heterocycles. The Morgan fingerprint density at radius 1 is 0.870 bits per heavy atom. The number of hydrogen-bond acceptors (Lipinski definition) is 12. The van der Waals surface area contributed by atoms with Gasteiger partial charge in [0.05, 0.1) is 31.0 Å². The third-order valence-electron chi connectivity index (χ3n) is 15.9. The van der Waals surface area contributed by atoms with Crippen molar-refractivity contribution in [1.82, 2.24) is 0 Å². The molecule has 0 aromatic carbocycles. The quantitative estimate of drug-likeness (QED) is 0.160. The van der Waals surface area contributed by atoms with Gasteiger partial charge >= 0.3 is 0 Å². The maximum Gasteiger partial charge on any atom is 0.187 e. The Balaban J connectivity index is 1.34. The van der Waals surface area contributed by atoms with Crippen LogP contribution in [0.2, 0.25) is 0 Å². The van der Waals surface area contributed by atoms with Gasteiger partial charge in [-0.15, -0.1) is 0 Å². The summed E-state index contributed by atoms with van der Waals surface area (Å²) in [6.45, 7) is 18.8. The van der Waals surface area contributed by atoms with Gasteiger partial charge in [0.2, 0.25) is 0 Å². The molecule has 310 valence electrons. The van der Waals surface area contributed by atoms with Gasteiger partial charge in [-0.3, -0.25) is 0 Å². The number of rotatable bonds is 9. The van der Waals surface area contributed by atoms with Gasteiger partial charge in [0, 0.05) is 5.92 Å². The molecule has 3 saturated carbocycles. The lowest BCUT2D eigenvalue weighted by atomic mass is 9.40. The summed E-state index contributed by atoms with van der Waals surface area (Å²) in [5.41, 5.74) is 1.34. The molecule has 0 radical (unpaired) electrons. The van der Waals surface area contributed by atoms with Crippen molar-refractivity contribution >= 4 is 0 Å². The third-order valence-corrected chi connectivity index (χ3v) is 15.9. The zero-order chi connectivity index (χ0) is 39.9. The normalized spacial score (nSPS) is 51.3. The molecule has 6 rings (SSSR count). The highest BCUT2D eigenvalue weighted by molar-refractivity contribution is 5.35. The molecule has 54 heavy (non-hydrogen) atoms. The predicted octanol–water partition coefficient (Wildman–Crippen LogP) is 2.95. The highest BCUT2D eigenvalue weighted by Crippen LogP contribution is 2.74. The van der Waals surface area contributed by atoms with Gasteiger partial charge in [0.1, 0.15) is 42.7 Å². The molecule has 0 spiro atoms. The molecule has 6 aliphatic rings. The summed E-state index contributed by atoms with van der Waals surface area (Å²) >= 11 is 0. The second-order valence-electron chi connectivity index (χ2n) is 19.6. The van der Waals surface area contributed by atoms with Gasteiger partial charge in [-0.25, -0.2) is 0 Å². The molecule has 2 aliphatic heterocycles. The largest absolute Gasteiger partial charge is 0.394 e. The molecule has 12 heteroatoms. The molecule has 12 nitrogen and oxygen atoms in total. The molecule has 8 N–H and O–H groups in total. The van der Waals surface area contributed by atoms with Crippen LogP contribution in [0.4, 0.5) is 0 Å². The topological polar surface area (TPSA) is 199 Å². The van der Waals surface area contributed by atoms with Gasteiger partial charge < -0.3 is 59.8 Å². The molecule has 2 heterocycles. The van der Waals surface area contributed by atoms with Crippen LogP contribution in [0.25, 0.3) is 0 Å². The van der Waals surface area contributed by atoms with Crippen LogP contribution >= 0.6 is 0 Å². The fraction of sp³-hybridized carbons (Fsp3) is 0.905. The van der Waals surface area contributed by atoms with E-state index >= 15 is 0 Å². The Labute approximate surface area is 321 Å². The second-order valence-corrected chi connectivity index (χ2v) is 19.6. The molecule has 0 amide bonds. The highest BCUT2D eigenvalue weighted by atomic mass is 16.7. The summed E-state index contributed by atoms with van der Waals surface area (Å²) in [6.07, 6.45) is -4.10. The number of allylic oxidation sites excluding steroid dienone is 2. The Morgan fingerprint density at radius 3 is 2.17 bits per heavy atom. The van der Waals surface area contributed by atoms with Crippen molar-refractivity contribution in [2.75, 3.05) is 6.61 Å². The van der Waals surface area contributed by atoms with Crippen molar-refractivity contribution in [3.63, 3.8) is 0 Å². The Kier molecular flexibility index (Phi) is 12.1. The number of hydrogen-bond donors (Lipinski definition) is 8. The van der Waals surface area contributed by atoms with E-state index in [4.69, 9.17) is 18.9 Å². The number of aliphatic hydroxyl groups is 8. The summed E-state index contributed by atoms with van der Waals surface area (Å²) in [5, 5.41) is 85.4. The maximum atomic E-state index is 11.2. The SMILES string of the molecule is CC(C)=C[C@H](C[C@@H](C)[C@@H]1CC[C@]2(C)C3=CC[C@H]4C(C)(C)[C@H](O)CC[C@]4(C)[C@H]3[C@H](O[C@@H]3O[C@H](CO)[C@@H](O)[C@H](O)[C@H]3O)C[C@@]12C)O[C@@H]1O[C@@H](C)[C@H](O)[C@@H](O)[C@H]1O. The molecule has 0 aromatic heterocycles. The minimum Gasteiger partial charge on any atom is -0.394 e. The smallest absolute Gasteiger partial charge is 0.187 e. The number of aliphatic hydroxyl groups excluding tert-OH is 8. The van der Waals surface area contributed by atoms with Crippen molar-refractivity contribution in [1.29, 1.82) is 0 Å². The minimum absolute atomic E-state index is 0.0574. The van der Waals surface area contributed by atoms with Gasteiger partial charge in [0.25, 0.3) is 0 Å². The molecular weight excluding hydrogens is 696 g/mol. The zero-order valence-corrected chi connectivity index (χ0v) is 33.8. The molecule has 0 bridgehead atoms. The summed E-state index contributed by atoms with van der Waals surface area (Å²) in [5.74, 6) is 0.458. The molecular formula is C42H70O12. The van der Waals surface area contributed by atoms with E-state index in [0.717, 1.165) is 31.3 Å². The van der Waals surface area contributed by atoms with E-state index in [1.807, 2.05) is 19.9 Å². The number of ether oxygens (including phenoxy) is 4. The zero-order valence-electron chi connectivity index (χ0n) is 33.8. The van der Waals surface area contributed by atoms with Crippen LogP contribution in [0, 0.1) is 45.3 Å². The standard InChI is InChI=1S/C42H70O12/c1-20(2)16-23(52-37-35(49)33(47)31(45)22(4)51-37)17-21(3)24-12-15-41(8)25-10-11-28-39(5,6)29(44)13-14-40(28,7)30(25)26(18-42(24,41)9)53-38-36(50)34(48)32(46)27(19-43)54-38/h10,16,21-24,26-38,43-50H,11-15,17-19H2,1-9H3/t21-,22+,23-,24+,26-,27-,28+,29-,30-,31+,32-,33-,34+,35-,36-,37+,38-,40+,41-,42+/m1/s1. The van der Waals surface area contributed by atoms with E-state index in [1.54, 1.807) is 6.92 Å². The lowest BCUT2D eigenvalue weighted by molar-refractivity contribution is -0.325. The average Bonchev–Trinajstić information content (AvgIpc) is 3.38. The molecule has 5 fully saturated rings. The average molecular weight is 767 g/mol. The Morgan fingerprint density at radius 2 is 1.52 bits per heavy atom. The predicted molar refractivity (Wildman–Crippen MR) is 199 cm³/mol. The first-order chi connectivity index (χ1) is 25.1. The number of fused-ring (bicyclic) bond motifs is 5. The second kappa shape index (κ2) is 15.3. The van der Waals surface area contributed by atoms with Crippen LogP contribution in [0.5, 0.6) is 0 Å². The van der Waals surface area contributed by atoms with E-state index in [-0.39, 0.29) is 45.3 Å². The van der Waals surface area contributed by atoms with E-state index in [9.17, 15) is 40.9 Å². The summed E-state index contributed by atoms with van der Waals surface area (Å²) in [7, 11) is 0.